The number of ether oxygens (including phenoxy) is 1. The maximum absolute atomic E-state index is 13.2. The number of hydrogen-bond acceptors (Lipinski definition) is 4. The number of carbonyl (C=O) groups excluding carboxylic acids is 1. The molecular weight excluding hydrogens is 300 g/mol. The van der Waals surface area contributed by atoms with E-state index >= 15 is 0 Å². The second-order valence-corrected chi connectivity index (χ2v) is 4.17. The number of carbonyl (C=O) groups is 1. The summed E-state index contributed by atoms with van der Waals surface area (Å²) in [6.07, 6.45) is -0.248. The van der Waals surface area contributed by atoms with Gasteiger partial charge < -0.3 is 15.6 Å². The molecule has 0 bridgehead atoms. The highest BCUT2D eigenvalue weighted by atomic mass is 79.9. The van der Waals surface area contributed by atoms with Crippen LogP contribution in [-0.2, 0) is 9.53 Å². The van der Waals surface area contributed by atoms with E-state index in [1.165, 1.54) is 7.11 Å². The normalized spacial score (nSPS) is 12.3. The molecule has 0 fully saturated rings. The Balaban J connectivity index is 3.10. The molecule has 0 saturated heterocycles. The number of phenolic OH excluding ortho intramolecular Hbond substituents is 1. The summed E-state index contributed by atoms with van der Waals surface area (Å²) in [7, 11) is 1.18. The molecule has 0 heterocycles. The molecule has 0 amide bonds. The van der Waals surface area contributed by atoms with Crippen molar-refractivity contribution in [2.24, 2.45) is 5.73 Å². The van der Waals surface area contributed by atoms with Crippen molar-refractivity contribution < 1.29 is 23.4 Å². The first-order chi connectivity index (χ1) is 7.88. The van der Waals surface area contributed by atoms with Crippen LogP contribution in [-0.4, -0.2) is 18.2 Å². The van der Waals surface area contributed by atoms with Gasteiger partial charge in [0.15, 0.2) is 11.6 Å². The van der Waals surface area contributed by atoms with Gasteiger partial charge in [-0.25, -0.2) is 4.39 Å². The monoisotopic (exact) mass is 309 g/mol. The lowest BCUT2D eigenvalue weighted by Crippen LogP contribution is -2.17. The predicted molar refractivity (Wildman–Crippen MR) is 59.3 cm³/mol. The second kappa shape index (κ2) is 5.42. The van der Waals surface area contributed by atoms with E-state index in [1.807, 2.05) is 0 Å². The summed E-state index contributed by atoms with van der Waals surface area (Å²) in [6.45, 7) is 0. The Kier molecular flexibility index (Phi) is 4.41. The smallest absolute Gasteiger partial charge is 0.307 e. The summed E-state index contributed by atoms with van der Waals surface area (Å²) in [4.78, 5) is 11.0. The van der Waals surface area contributed by atoms with Crippen molar-refractivity contribution in [1.29, 1.82) is 0 Å². The van der Waals surface area contributed by atoms with Crippen LogP contribution in [0.25, 0.3) is 0 Å². The fourth-order valence-electron chi connectivity index (χ4n) is 1.26. The first-order valence-electron chi connectivity index (χ1n) is 4.57. The van der Waals surface area contributed by atoms with E-state index in [2.05, 4.69) is 20.7 Å². The first-order valence-corrected chi connectivity index (χ1v) is 5.36. The zero-order valence-electron chi connectivity index (χ0n) is 8.84. The van der Waals surface area contributed by atoms with Gasteiger partial charge in [0.25, 0.3) is 0 Å². The van der Waals surface area contributed by atoms with Crippen LogP contribution in [0.5, 0.6) is 5.75 Å². The molecule has 1 aromatic carbocycles. The summed E-state index contributed by atoms with van der Waals surface area (Å²) in [5.41, 5.74) is 5.52. The molecule has 0 unspecified atom stereocenters. The molecular formula is C10H10BrF2NO3. The molecule has 0 aliphatic heterocycles. The number of benzene rings is 1. The van der Waals surface area contributed by atoms with Gasteiger partial charge >= 0.3 is 5.97 Å². The van der Waals surface area contributed by atoms with Gasteiger partial charge in [0.1, 0.15) is 0 Å². The minimum absolute atomic E-state index is 0.0684. The van der Waals surface area contributed by atoms with Gasteiger partial charge in [0.05, 0.1) is 18.0 Å². The molecule has 1 atom stereocenters. The first kappa shape index (κ1) is 13.9. The summed E-state index contributed by atoms with van der Waals surface area (Å²) in [5, 5.41) is 9.39. The van der Waals surface area contributed by atoms with Crippen LogP contribution < -0.4 is 5.73 Å². The molecule has 1 aromatic rings. The average Bonchev–Trinajstić information content (AvgIpc) is 2.30. The average molecular weight is 310 g/mol. The number of halogens is 3. The van der Waals surface area contributed by atoms with E-state index < -0.39 is 29.4 Å². The van der Waals surface area contributed by atoms with Crippen LogP contribution in [0.4, 0.5) is 8.78 Å². The summed E-state index contributed by atoms with van der Waals surface area (Å²) in [5.74, 6) is -4.13. The quantitative estimate of drug-likeness (QED) is 0.661. The standard InChI is InChI=1S/C10H10BrF2NO3/c1-17-7(15)3-6(14)4-2-5(11)8(12)9(13)10(4)16/h2,6,16H,3,14H2,1H3/t6-/m1/s1. The molecule has 0 aliphatic rings. The maximum Gasteiger partial charge on any atom is 0.307 e. The molecule has 1 rings (SSSR count). The number of hydrogen-bond donors (Lipinski definition) is 2. The van der Waals surface area contributed by atoms with Crippen molar-refractivity contribution in [2.45, 2.75) is 12.5 Å². The second-order valence-electron chi connectivity index (χ2n) is 3.31. The van der Waals surface area contributed by atoms with E-state index in [0.29, 0.717) is 0 Å². The van der Waals surface area contributed by atoms with Crippen molar-refractivity contribution in [1.82, 2.24) is 0 Å². The largest absolute Gasteiger partial charge is 0.505 e. The van der Waals surface area contributed by atoms with Crippen LogP contribution in [0.2, 0.25) is 0 Å². The van der Waals surface area contributed by atoms with Crippen molar-refractivity contribution in [3.8, 4) is 5.75 Å². The van der Waals surface area contributed by atoms with Gasteiger partial charge in [-0.1, -0.05) is 0 Å². The van der Waals surface area contributed by atoms with E-state index in [-0.39, 0.29) is 16.5 Å². The van der Waals surface area contributed by atoms with E-state index in [4.69, 9.17) is 5.73 Å². The van der Waals surface area contributed by atoms with E-state index in [0.717, 1.165) is 6.07 Å². The zero-order valence-corrected chi connectivity index (χ0v) is 10.4. The number of nitrogens with two attached hydrogens (primary N) is 1. The molecule has 17 heavy (non-hydrogen) atoms. The molecule has 0 aliphatic carbocycles. The Bertz CT molecular complexity index is 454. The van der Waals surface area contributed by atoms with Crippen LogP contribution in [0.1, 0.15) is 18.0 Å². The summed E-state index contributed by atoms with van der Waals surface area (Å²) >= 11 is 2.78. The molecule has 0 saturated carbocycles. The highest BCUT2D eigenvalue weighted by molar-refractivity contribution is 9.10. The van der Waals surface area contributed by atoms with Crippen molar-refractivity contribution in [3.63, 3.8) is 0 Å². The number of phenols is 1. The Labute approximate surface area is 104 Å². The highest BCUT2D eigenvalue weighted by Crippen LogP contribution is 2.33. The van der Waals surface area contributed by atoms with E-state index in [9.17, 15) is 18.7 Å². The fraction of sp³-hybridized carbons (Fsp3) is 0.300. The Morgan fingerprint density at radius 3 is 2.71 bits per heavy atom. The maximum atomic E-state index is 13.2. The van der Waals surface area contributed by atoms with Crippen LogP contribution >= 0.6 is 15.9 Å². The van der Waals surface area contributed by atoms with Crippen LogP contribution in [0, 0.1) is 11.6 Å². The van der Waals surface area contributed by atoms with Crippen molar-refractivity contribution in [2.75, 3.05) is 7.11 Å². The zero-order chi connectivity index (χ0) is 13.2. The fourth-order valence-corrected chi connectivity index (χ4v) is 1.68. The predicted octanol–water partition coefficient (Wildman–Crippen LogP) is 2.00. The van der Waals surface area contributed by atoms with E-state index in [1.54, 1.807) is 0 Å². The number of esters is 1. The van der Waals surface area contributed by atoms with Gasteiger partial charge in [-0.15, -0.1) is 0 Å². The molecule has 4 nitrogen and oxygen atoms in total. The van der Waals surface area contributed by atoms with Gasteiger partial charge in [0.2, 0.25) is 5.82 Å². The van der Waals surface area contributed by atoms with Gasteiger partial charge in [0, 0.05) is 11.6 Å². The van der Waals surface area contributed by atoms with Crippen LogP contribution in [0.15, 0.2) is 10.5 Å². The Morgan fingerprint density at radius 2 is 2.18 bits per heavy atom. The van der Waals surface area contributed by atoms with Gasteiger partial charge in [-0.2, -0.15) is 4.39 Å². The lowest BCUT2D eigenvalue weighted by molar-refractivity contribution is -0.141. The SMILES string of the molecule is COC(=O)C[C@@H](N)c1cc(Br)c(F)c(F)c1O. The third kappa shape index (κ3) is 2.92. The number of aromatic hydroxyl groups is 1. The van der Waals surface area contributed by atoms with Crippen molar-refractivity contribution >= 4 is 21.9 Å². The Hall–Kier alpha value is -1.21. The third-order valence-electron chi connectivity index (χ3n) is 2.18. The molecule has 0 aromatic heterocycles. The molecule has 3 N–H and O–H groups in total. The highest BCUT2D eigenvalue weighted by Gasteiger charge is 2.22. The number of methoxy groups -OCH3 is 1. The molecule has 0 radical (unpaired) electrons. The lowest BCUT2D eigenvalue weighted by atomic mass is 10.0. The van der Waals surface area contributed by atoms with Crippen LogP contribution in [0.3, 0.4) is 0 Å². The minimum atomic E-state index is -1.41. The summed E-state index contributed by atoms with van der Waals surface area (Å²) in [6, 6.07) is 0.148. The Morgan fingerprint density at radius 1 is 1.59 bits per heavy atom. The third-order valence-corrected chi connectivity index (χ3v) is 2.76. The minimum Gasteiger partial charge on any atom is -0.505 e. The van der Waals surface area contributed by atoms with Gasteiger partial charge in [-0.3, -0.25) is 4.79 Å². The topological polar surface area (TPSA) is 72.5 Å². The summed E-state index contributed by atoms with van der Waals surface area (Å²) < 4.78 is 30.5. The lowest BCUT2D eigenvalue weighted by Gasteiger charge is -2.14. The molecule has 94 valence electrons. The number of rotatable bonds is 3. The van der Waals surface area contributed by atoms with Gasteiger partial charge in [-0.05, 0) is 22.0 Å². The molecule has 0 spiro atoms. The molecule has 7 heteroatoms. The van der Waals surface area contributed by atoms with Crippen molar-refractivity contribution in [3.05, 3.63) is 27.7 Å².